The molecule has 1 aromatic carbocycles. The summed E-state index contributed by atoms with van der Waals surface area (Å²) in [6, 6.07) is 9.20. The van der Waals surface area contributed by atoms with Gasteiger partial charge in [-0.3, -0.25) is 14.5 Å². The van der Waals surface area contributed by atoms with Gasteiger partial charge in [-0.1, -0.05) is 18.2 Å². The molecule has 0 aliphatic carbocycles. The van der Waals surface area contributed by atoms with Gasteiger partial charge in [0.25, 0.3) is 5.91 Å². The number of hydrogen-bond donors (Lipinski definition) is 0. The summed E-state index contributed by atoms with van der Waals surface area (Å²) in [4.78, 5) is 25.6. The van der Waals surface area contributed by atoms with Crippen LogP contribution >= 0.6 is 0 Å². The first-order chi connectivity index (χ1) is 9.48. The average molecular weight is 277 g/mol. The monoisotopic (exact) mass is 277 g/mol. The largest absolute Gasteiger partial charge is 0.466 e. The van der Waals surface area contributed by atoms with E-state index >= 15 is 0 Å². The minimum absolute atomic E-state index is 0.00577. The van der Waals surface area contributed by atoms with Gasteiger partial charge >= 0.3 is 5.97 Å². The summed E-state index contributed by atoms with van der Waals surface area (Å²) >= 11 is 0. The third kappa shape index (κ3) is 2.67. The molecule has 0 bridgehead atoms. The van der Waals surface area contributed by atoms with Crippen LogP contribution < -0.4 is 4.90 Å². The van der Waals surface area contributed by atoms with E-state index in [9.17, 15) is 9.59 Å². The number of carbonyl (C=O) groups is 2. The number of amides is 1. The highest BCUT2D eigenvalue weighted by molar-refractivity contribution is 6.00. The van der Waals surface area contributed by atoms with Crippen LogP contribution in [0.2, 0.25) is 0 Å². The van der Waals surface area contributed by atoms with Crippen molar-refractivity contribution in [1.82, 2.24) is 0 Å². The number of esters is 1. The molecule has 0 N–H and O–H groups in total. The van der Waals surface area contributed by atoms with E-state index in [4.69, 9.17) is 9.47 Å². The molecule has 2 atom stereocenters. The molecular weight excluding hydrogens is 258 g/mol. The summed E-state index contributed by atoms with van der Waals surface area (Å²) in [7, 11) is 0. The van der Waals surface area contributed by atoms with Crippen LogP contribution in [0.1, 0.15) is 27.2 Å². The van der Waals surface area contributed by atoms with Gasteiger partial charge in [0.05, 0.1) is 13.0 Å². The van der Waals surface area contributed by atoms with Crippen LogP contribution in [0.5, 0.6) is 0 Å². The number of benzene rings is 1. The van der Waals surface area contributed by atoms with Crippen molar-refractivity contribution in [3.8, 4) is 0 Å². The van der Waals surface area contributed by atoms with Crippen molar-refractivity contribution < 1.29 is 19.1 Å². The lowest BCUT2D eigenvalue weighted by atomic mass is 10.1. The lowest BCUT2D eigenvalue weighted by Gasteiger charge is -2.32. The molecule has 0 unspecified atom stereocenters. The van der Waals surface area contributed by atoms with Gasteiger partial charge in [-0.05, 0) is 32.9 Å². The summed E-state index contributed by atoms with van der Waals surface area (Å²) in [6.45, 7) is 5.48. The van der Waals surface area contributed by atoms with Gasteiger partial charge in [-0.15, -0.1) is 0 Å². The van der Waals surface area contributed by atoms with Gasteiger partial charge in [-0.25, -0.2) is 0 Å². The molecule has 5 nitrogen and oxygen atoms in total. The molecule has 1 aromatic rings. The van der Waals surface area contributed by atoms with Crippen LogP contribution in [0.4, 0.5) is 5.69 Å². The number of hydrogen-bond acceptors (Lipinski definition) is 4. The van der Waals surface area contributed by atoms with Crippen molar-refractivity contribution >= 4 is 17.6 Å². The van der Waals surface area contributed by atoms with Crippen molar-refractivity contribution in [2.75, 3.05) is 11.5 Å². The predicted molar refractivity (Wildman–Crippen MR) is 74.1 cm³/mol. The molecule has 108 valence electrons. The molecule has 1 aliphatic heterocycles. The second kappa shape index (κ2) is 5.63. The molecule has 0 saturated carbocycles. The zero-order chi connectivity index (χ0) is 14.8. The first-order valence-electron chi connectivity index (χ1n) is 6.70. The quantitative estimate of drug-likeness (QED) is 0.791. The standard InChI is InChI=1S/C15H19NO4/c1-4-19-13(17)10-15(3)16(14(18)11(2)20-15)12-8-6-5-7-9-12/h5-9,11H,4,10H2,1-3H3/t11-,15-/m1/s1. The Morgan fingerprint density at radius 1 is 1.40 bits per heavy atom. The van der Waals surface area contributed by atoms with Crippen LogP contribution in [-0.2, 0) is 19.1 Å². The van der Waals surface area contributed by atoms with Crippen LogP contribution in [0.3, 0.4) is 0 Å². The van der Waals surface area contributed by atoms with Gasteiger partial charge in [0.15, 0.2) is 5.72 Å². The maximum atomic E-state index is 12.3. The van der Waals surface area contributed by atoms with E-state index in [1.807, 2.05) is 30.3 Å². The first-order valence-corrected chi connectivity index (χ1v) is 6.70. The fourth-order valence-electron chi connectivity index (χ4n) is 2.48. The Labute approximate surface area is 118 Å². The fourth-order valence-corrected chi connectivity index (χ4v) is 2.48. The highest BCUT2D eigenvalue weighted by atomic mass is 16.6. The predicted octanol–water partition coefficient (Wildman–Crippen LogP) is 2.11. The summed E-state index contributed by atoms with van der Waals surface area (Å²) in [5, 5.41) is 0. The summed E-state index contributed by atoms with van der Waals surface area (Å²) in [5.41, 5.74) is -0.293. The van der Waals surface area contributed by atoms with E-state index < -0.39 is 11.8 Å². The molecule has 5 heteroatoms. The smallest absolute Gasteiger partial charge is 0.310 e. The van der Waals surface area contributed by atoms with Gasteiger partial charge in [0.1, 0.15) is 6.10 Å². The molecule has 0 radical (unpaired) electrons. The average Bonchev–Trinajstić information content (AvgIpc) is 2.60. The zero-order valence-electron chi connectivity index (χ0n) is 12.0. The number of para-hydroxylation sites is 1. The minimum atomic E-state index is -1.01. The summed E-state index contributed by atoms with van der Waals surface area (Å²) in [5.74, 6) is -0.527. The first kappa shape index (κ1) is 14.5. The third-order valence-corrected chi connectivity index (χ3v) is 3.26. The molecule has 1 heterocycles. The van der Waals surface area contributed by atoms with E-state index in [-0.39, 0.29) is 18.3 Å². The Morgan fingerprint density at radius 2 is 2.05 bits per heavy atom. The highest BCUT2D eigenvalue weighted by Gasteiger charge is 2.49. The van der Waals surface area contributed by atoms with E-state index in [1.54, 1.807) is 20.8 Å². The Balaban J connectivity index is 2.30. The molecule has 1 saturated heterocycles. The maximum Gasteiger partial charge on any atom is 0.310 e. The second-order valence-corrected chi connectivity index (χ2v) is 4.93. The van der Waals surface area contributed by atoms with Gasteiger partial charge < -0.3 is 9.47 Å². The molecule has 2 rings (SSSR count). The lowest BCUT2D eigenvalue weighted by Crippen LogP contribution is -2.46. The van der Waals surface area contributed by atoms with Crippen molar-refractivity contribution in [2.24, 2.45) is 0 Å². The molecule has 1 aliphatic rings. The Hall–Kier alpha value is -1.88. The molecule has 20 heavy (non-hydrogen) atoms. The highest BCUT2D eigenvalue weighted by Crippen LogP contribution is 2.35. The van der Waals surface area contributed by atoms with Gasteiger partial charge in [0, 0.05) is 5.69 Å². The molecule has 1 amide bonds. The summed E-state index contributed by atoms with van der Waals surface area (Å²) < 4.78 is 10.7. The number of carbonyl (C=O) groups excluding carboxylic acids is 2. The molecule has 0 spiro atoms. The number of rotatable bonds is 4. The second-order valence-electron chi connectivity index (χ2n) is 4.93. The van der Waals surface area contributed by atoms with Gasteiger partial charge in [-0.2, -0.15) is 0 Å². The molecule has 0 aromatic heterocycles. The van der Waals surface area contributed by atoms with E-state index in [1.165, 1.54) is 4.90 Å². The fraction of sp³-hybridized carbons (Fsp3) is 0.467. The Bertz CT molecular complexity index is 502. The SMILES string of the molecule is CCOC(=O)C[C@@]1(C)O[C@H](C)C(=O)N1c1ccccc1. The van der Waals surface area contributed by atoms with Crippen LogP contribution in [0.25, 0.3) is 0 Å². The van der Waals surface area contributed by atoms with Crippen molar-refractivity contribution in [3.63, 3.8) is 0 Å². The minimum Gasteiger partial charge on any atom is -0.466 e. The molecular formula is C15H19NO4. The van der Waals surface area contributed by atoms with Crippen molar-refractivity contribution in [3.05, 3.63) is 30.3 Å². The van der Waals surface area contributed by atoms with E-state index in [0.717, 1.165) is 0 Å². The van der Waals surface area contributed by atoms with Crippen molar-refractivity contribution in [2.45, 2.75) is 39.0 Å². The molecule has 1 fully saturated rings. The Morgan fingerprint density at radius 3 is 2.65 bits per heavy atom. The third-order valence-electron chi connectivity index (χ3n) is 3.26. The zero-order valence-corrected chi connectivity index (χ0v) is 12.0. The van der Waals surface area contributed by atoms with Crippen molar-refractivity contribution in [1.29, 1.82) is 0 Å². The summed E-state index contributed by atoms with van der Waals surface area (Å²) in [6.07, 6.45) is -0.569. The van der Waals surface area contributed by atoms with E-state index in [0.29, 0.717) is 12.3 Å². The van der Waals surface area contributed by atoms with Crippen LogP contribution in [0, 0.1) is 0 Å². The normalized spacial score (nSPS) is 25.9. The van der Waals surface area contributed by atoms with Gasteiger partial charge in [0.2, 0.25) is 0 Å². The van der Waals surface area contributed by atoms with Crippen LogP contribution in [-0.4, -0.2) is 30.3 Å². The lowest BCUT2D eigenvalue weighted by molar-refractivity contribution is -0.149. The topological polar surface area (TPSA) is 55.8 Å². The number of ether oxygens (including phenoxy) is 2. The van der Waals surface area contributed by atoms with Crippen LogP contribution in [0.15, 0.2) is 30.3 Å². The maximum absolute atomic E-state index is 12.3. The Kier molecular flexibility index (Phi) is 4.09. The number of nitrogens with zero attached hydrogens (tertiary/aromatic N) is 1. The van der Waals surface area contributed by atoms with E-state index in [2.05, 4.69) is 0 Å². The number of anilines is 1.